The Kier molecular flexibility index (Phi) is 3.72. The van der Waals surface area contributed by atoms with Crippen molar-refractivity contribution in [2.24, 2.45) is 0 Å². The second-order valence-electron chi connectivity index (χ2n) is 3.88. The van der Waals surface area contributed by atoms with Crippen molar-refractivity contribution in [2.75, 3.05) is 11.5 Å². The van der Waals surface area contributed by atoms with Crippen molar-refractivity contribution in [1.82, 2.24) is 9.97 Å². The lowest BCUT2D eigenvalue weighted by molar-refractivity contribution is 1.09. The molecule has 0 unspecified atom stereocenters. The van der Waals surface area contributed by atoms with Crippen LogP contribution in [0.2, 0.25) is 0 Å². The number of hydrogen-bond donors (Lipinski definition) is 2. The summed E-state index contributed by atoms with van der Waals surface area (Å²) in [7, 11) is 0. The number of thioether (sulfide) groups is 1. The van der Waals surface area contributed by atoms with Crippen molar-refractivity contribution in [3.63, 3.8) is 0 Å². The second-order valence-corrected chi connectivity index (χ2v) is 5.22. The number of nitrogen functional groups attached to an aromatic ring is 1. The Morgan fingerprint density at radius 2 is 2.00 bits per heavy atom. The first kappa shape index (κ1) is 12.7. The van der Waals surface area contributed by atoms with Gasteiger partial charge in [-0.25, -0.2) is 4.98 Å². The van der Waals surface area contributed by atoms with Gasteiger partial charge in [-0.1, -0.05) is 19.1 Å². The number of nitrogens with zero attached hydrogens (tertiary/aromatic N) is 1. The summed E-state index contributed by atoms with van der Waals surface area (Å²) < 4.78 is 0. The molecule has 0 atom stereocenters. The zero-order valence-corrected chi connectivity index (χ0v) is 11.2. The number of H-pyrrole nitrogens is 1. The first-order valence-electron chi connectivity index (χ1n) is 5.71. The molecule has 1 aromatic heterocycles. The topological polar surface area (TPSA) is 71.8 Å². The molecule has 4 nitrogen and oxygen atoms in total. The van der Waals surface area contributed by atoms with Crippen LogP contribution < -0.4 is 11.3 Å². The Bertz CT molecular complexity index is 605. The van der Waals surface area contributed by atoms with Gasteiger partial charge in [0.05, 0.1) is 5.56 Å². The van der Waals surface area contributed by atoms with Crippen LogP contribution in [0.1, 0.15) is 12.5 Å². The molecule has 94 valence electrons. The molecule has 2 aromatic rings. The third-order valence-electron chi connectivity index (χ3n) is 2.63. The summed E-state index contributed by atoms with van der Waals surface area (Å²) >= 11 is 1.77. The van der Waals surface area contributed by atoms with Gasteiger partial charge in [0.15, 0.2) is 0 Å². The van der Waals surface area contributed by atoms with Crippen molar-refractivity contribution < 1.29 is 0 Å². The largest absolute Gasteiger partial charge is 0.383 e. The van der Waals surface area contributed by atoms with Crippen LogP contribution in [-0.2, 0) is 0 Å². The van der Waals surface area contributed by atoms with Crippen molar-refractivity contribution in [1.29, 1.82) is 0 Å². The van der Waals surface area contributed by atoms with Crippen molar-refractivity contribution >= 4 is 17.6 Å². The van der Waals surface area contributed by atoms with E-state index in [-0.39, 0.29) is 11.4 Å². The van der Waals surface area contributed by atoms with Gasteiger partial charge in [-0.3, -0.25) is 4.79 Å². The Balaban J connectivity index is 2.40. The van der Waals surface area contributed by atoms with E-state index in [1.165, 1.54) is 4.90 Å². The molecule has 0 saturated carbocycles. The van der Waals surface area contributed by atoms with Crippen LogP contribution in [0.5, 0.6) is 0 Å². The number of anilines is 1. The van der Waals surface area contributed by atoms with Crippen LogP contribution in [0.4, 0.5) is 5.82 Å². The van der Waals surface area contributed by atoms with E-state index in [0.717, 1.165) is 11.3 Å². The van der Waals surface area contributed by atoms with E-state index in [2.05, 4.69) is 16.9 Å². The van der Waals surface area contributed by atoms with Gasteiger partial charge in [0.2, 0.25) is 0 Å². The van der Waals surface area contributed by atoms with E-state index in [1.807, 2.05) is 24.3 Å². The van der Waals surface area contributed by atoms with Crippen molar-refractivity contribution in [3.8, 4) is 11.4 Å². The summed E-state index contributed by atoms with van der Waals surface area (Å²) in [5.41, 5.74) is 6.83. The zero-order chi connectivity index (χ0) is 13.1. The van der Waals surface area contributed by atoms with Crippen molar-refractivity contribution in [2.45, 2.75) is 18.7 Å². The summed E-state index contributed by atoms with van der Waals surface area (Å²) in [4.78, 5) is 19.7. The number of aromatic nitrogens is 2. The summed E-state index contributed by atoms with van der Waals surface area (Å²) in [6, 6.07) is 7.90. The molecule has 0 fully saturated rings. The van der Waals surface area contributed by atoms with Gasteiger partial charge in [0, 0.05) is 10.5 Å². The third-order valence-corrected chi connectivity index (χ3v) is 3.52. The Morgan fingerprint density at radius 1 is 1.33 bits per heavy atom. The quantitative estimate of drug-likeness (QED) is 0.832. The van der Waals surface area contributed by atoms with Gasteiger partial charge in [-0.2, -0.15) is 0 Å². The summed E-state index contributed by atoms with van der Waals surface area (Å²) in [6.07, 6.45) is 0. The fourth-order valence-electron chi connectivity index (χ4n) is 1.56. The third kappa shape index (κ3) is 2.56. The first-order chi connectivity index (χ1) is 8.61. The van der Waals surface area contributed by atoms with E-state index in [9.17, 15) is 4.79 Å². The van der Waals surface area contributed by atoms with Crippen LogP contribution in [0.15, 0.2) is 34.0 Å². The van der Waals surface area contributed by atoms with E-state index < -0.39 is 0 Å². The highest BCUT2D eigenvalue weighted by molar-refractivity contribution is 7.99. The molecular weight excluding hydrogens is 246 g/mol. The van der Waals surface area contributed by atoms with Crippen LogP contribution in [0.3, 0.4) is 0 Å². The summed E-state index contributed by atoms with van der Waals surface area (Å²) in [5.74, 6) is 1.82. The summed E-state index contributed by atoms with van der Waals surface area (Å²) in [5, 5.41) is 0. The van der Waals surface area contributed by atoms with Gasteiger partial charge in [-0.15, -0.1) is 11.8 Å². The molecule has 0 radical (unpaired) electrons. The number of rotatable bonds is 3. The lowest BCUT2D eigenvalue weighted by Gasteiger charge is -2.05. The van der Waals surface area contributed by atoms with E-state index in [1.54, 1.807) is 18.7 Å². The molecule has 0 aliphatic heterocycles. The Morgan fingerprint density at radius 3 is 2.56 bits per heavy atom. The minimum Gasteiger partial charge on any atom is -0.383 e. The number of hydrogen-bond acceptors (Lipinski definition) is 4. The van der Waals surface area contributed by atoms with Gasteiger partial charge in [0.1, 0.15) is 11.6 Å². The summed E-state index contributed by atoms with van der Waals surface area (Å²) in [6.45, 7) is 3.77. The predicted octanol–water partition coefficient (Wildman–Crippen LogP) is 2.44. The smallest absolute Gasteiger partial charge is 0.256 e. The first-order valence-corrected chi connectivity index (χ1v) is 6.70. The molecule has 0 spiro atoms. The van der Waals surface area contributed by atoms with Gasteiger partial charge in [0.25, 0.3) is 5.56 Å². The molecule has 0 bridgehead atoms. The SMILES string of the molecule is CCSc1ccc(-c2nc(N)c(C)c(=O)[nH]2)cc1. The van der Waals surface area contributed by atoms with Gasteiger partial charge in [-0.05, 0) is 24.8 Å². The van der Waals surface area contributed by atoms with Crippen LogP contribution in [0.25, 0.3) is 11.4 Å². The highest BCUT2D eigenvalue weighted by atomic mass is 32.2. The van der Waals surface area contributed by atoms with Crippen molar-refractivity contribution in [3.05, 3.63) is 40.2 Å². The number of nitrogens with one attached hydrogen (secondary N) is 1. The normalized spacial score (nSPS) is 10.6. The van der Waals surface area contributed by atoms with Crippen LogP contribution in [0, 0.1) is 6.92 Å². The molecule has 0 saturated heterocycles. The maximum atomic E-state index is 11.6. The van der Waals surface area contributed by atoms with Crippen LogP contribution >= 0.6 is 11.8 Å². The molecule has 0 amide bonds. The second kappa shape index (κ2) is 5.27. The average Bonchev–Trinajstić information content (AvgIpc) is 2.37. The monoisotopic (exact) mass is 261 g/mol. The molecule has 0 aliphatic carbocycles. The standard InChI is InChI=1S/C13H15N3OS/c1-3-18-10-6-4-9(5-7-10)12-15-11(14)8(2)13(17)16-12/h4-7H,3H2,1-2H3,(H3,14,15,16,17). The van der Waals surface area contributed by atoms with Gasteiger partial charge >= 0.3 is 0 Å². The molecular formula is C13H15N3OS. The molecule has 1 heterocycles. The van der Waals surface area contributed by atoms with E-state index in [0.29, 0.717) is 11.4 Å². The highest BCUT2D eigenvalue weighted by Crippen LogP contribution is 2.22. The van der Waals surface area contributed by atoms with E-state index in [4.69, 9.17) is 5.73 Å². The molecule has 0 aliphatic rings. The Hall–Kier alpha value is -1.75. The number of nitrogens with two attached hydrogens (primary N) is 1. The zero-order valence-electron chi connectivity index (χ0n) is 10.4. The molecule has 2 rings (SSSR count). The molecule has 1 aromatic carbocycles. The lowest BCUT2D eigenvalue weighted by Crippen LogP contribution is -2.15. The van der Waals surface area contributed by atoms with Gasteiger partial charge < -0.3 is 10.7 Å². The molecule has 3 N–H and O–H groups in total. The molecule has 5 heteroatoms. The minimum absolute atomic E-state index is 0.190. The molecule has 18 heavy (non-hydrogen) atoms. The van der Waals surface area contributed by atoms with Crippen LogP contribution in [-0.4, -0.2) is 15.7 Å². The average molecular weight is 261 g/mol. The number of benzene rings is 1. The van der Waals surface area contributed by atoms with E-state index >= 15 is 0 Å². The maximum Gasteiger partial charge on any atom is 0.256 e. The lowest BCUT2D eigenvalue weighted by atomic mass is 10.2. The fraction of sp³-hybridized carbons (Fsp3) is 0.231. The fourth-order valence-corrected chi connectivity index (χ4v) is 2.22. The Labute approximate surface area is 110 Å². The maximum absolute atomic E-state index is 11.6. The predicted molar refractivity (Wildman–Crippen MR) is 75.8 cm³/mol. The highest BCUT2D eigenvalue weighted by Gasteiger charge is 2.06. The number of aromatic amines is 1. The minimum atomic E-state index is -0.190.